The predicted octanol–water partition coefficient (Wildman–Crippen LogP) is 2.36. The Bertz CT molecular complexity index is 1150. The molecular weight excluding hydrogens is 376 g/mol. The van der Waals surface area contributed by atoms with E-state index in [0.717, 1.165) is 16.8 Å². The van der Waals surface area contributed by atoms with Crippen molar-refractivity contribution in [1.82, 2.24) is 9.78 Å². The molecule has 0 unspecified atom stereocenters. The Morgan fingerprint density at radius 3 is 2.30 bits per heavy atom. The molecule has 1 heterocycles. The Balaban J connectivity index is 1.98. The van der Waals surface area contributed by atoms with E-state index in [1.54, 1.807) is 30.3 Å². The second-order valence-corrected chi connectivity index (χ2v) is 6.57. The smallest absolute Gasteiger partial charge is 0.303 e. The molecule has 0 bridgehead atoms. The molecule has 0 aliphatic heterocycles. The highest BCUT2D eigenvalue weighted by atomic mass is 32.2. The highest BCUT2D eigenvalue weighted by Gasteiger charge is 2.17. The van der Waals surface area contributed by atoms with E-state index >= 15 is 0 Å². The molecule has 0 spiro atoms. The number of azo groups is 1. The van der Waals surface area contributed by atoms with Crippen molar-refractivity contribution < 1.29 is 22.5 Å². The molecule has 27 heavy (non-hydrogen) atoms. The minimum absolute atomic E-state index is 0.139. The van der Waals surface area contributed by atoms with E-state index in [1.807, 2.05) is 0 Å². The molecule has 0 fully saturated rings. The van der Waals surface area contributed by atoms with Gasteiger partial charge in [0.2, 0.25) is 11.6 Å². The third kappa shape index (κ3) is 3.99. The van der Waals surface area contributed by atoms with Crippen LogP contribution in [0.25, 0.3) is 5.69 Å². The van der Waals surface area contributed by atoms with E-state index in [2.05, 4.69) is 15.3 Å². The van der Waals surface area contributed by atoms with Crippen LogP contribution in [0.2, 0.25) is 0 Å². The van der Waals surface area contributed by atoms with Gasteiger partial charge in [0.05, 0.1) is 16.3 Å². The minimum Gasteiger partial charge on any atom is -0.408 e. The highest BCUT2D eigenvalue weighted by Crippen LogP contribution is 2.25. The number of aromatic nitrogens is 2. The summed E-state index contributed by atoms with van der Waals surface area (Å²) in [6.07, 6.45) is 0. The summed E-state index contributed by atoms with van der Waals surface area (Å²) < 4.78 is 36.9. The fourth-order valence-corrected chi connectivity index (χ4v) is 2.66. The van der Waals surface area contributed by atoms with E-state index < -0.39 is 15.7 Å². The summed E-state index contributed by atoms with van der Waals surface area (Å²) in [6, 6.07) is 13.4. The summed E-state index contributed by atoms with van der Waals surface area (Å²) >= 11 is 0. The van der Waals surface area contributed by atoms with Crippen LogP contribution in [0.3, 0.4) is 0 Å². The Hall–Kier alpha value is -3.57. The molecule has 2 N–H and O–H groups in total. The molecule has 138 valence electrons. The number of nitrogens with zero attached hydrogens (tertiary/aromatic N) is 3. The average molecular weight is 388 g/mol. The molecule has 0 atom stereocenters. The zero-order chi connectivity index (χ0) is 19.4. The van der Waals surface area contributed by atoms with Crippen molar-refractivity contribution in [3.63, 3.8) is 0 Å². The number of rotatable bonds is 6. The van der Waals surface area contributed by atoms with Gasteiger partial charge < -0.3 is 4.74 Å². The maximum atomic E-state index is 12.5. The Morgan fingerprint density at radius 1 is 1.04 bits per heavy atom. The van der Waals surface area contributed by atoms with Crippen LogP contribution in [0.15, 0.2) is 74.5 Å². The number of hydrogen-bond acceptors (Lipinski definition) is 7. The van der Waals surface area contributed by atoms with Gasteiger partial charge in [0.25, 0.3) is 16.6 Å². The summed E-state index contributed by atoms with van der Waals surface area (Å²) in [5.74, 6) is -0.197. The topological polar surface area (TPSA) is 143 Å². The molecule has 0 aliphatic rings. The molecule has 10 nitrogen and oxygen atoms in total. The lowest BCUT2D eigenvalue weighted by Gasteiger charge is -1.99. The Kier molecular flexibility index (Phi) is 4.96. The molecule has 0 radical (unpaired) electrons. The number of para-hydroxylation sites is 1. The lowest BCUT2D eigenvalue weighted by molar-refractivity contribution is -0.120. The minimum atomic E-state index is -4.32. The summed E-state index contributed by atoms with van der Waals surface area (Å²) in [6.45, 7) is 0.139. The van der Waals surface area contributed by atoms with Crippen LogP contribution in [-0.4, -0.2) is 29.2 Å². The SMILES string of the molecule is O=COc1[nH]n(-c2ccccc2)c(=O)c1N=Nc1ccc(S(=O)(=O)O)cc1. The molecule has 1 aromatic heterocycles. The van der Waals surface area contributed by atoms with Crippen LogP contribution in [-0.2, 0) is 14.9 Å². The second kappa shape index (κ2) is 7.35. The molecule has 2 aromatic carbocycles. The number of aromatic amines is 1. The highest BCUT2D eigenvalue weighted by molar-refractivity contribution is 7.85. The fourth-order valence-electron chi connectivity index (χ4n) is 2.18. The van der Waals surface area contributed by atoms with Crippen LogP contribution >= 0.6 is 0 Å². The normalized spacial score (nSPS) is 11.6. The maximum absolute atomic E-state index is 12.5. The van der Waals surface area contributed by atoms with Gasteiger partial charge in [-0.15, -0.1) is 5.11 Å². The first-order valence-corrected chi connectivity index (χ1v) is 8.84. The van der Waals surface area contributed by atoms with Crippen molar-refractivity contribution in [1.29, 1.82) is 0 Å². The summed E-state index contributed by atoms with van der Waals surface area (Å²) in [5, 5.41) is 10.2. The molecule has 0 aliphatic carbocycles. The third-order valence-electron chi connectivity index (χ3n) is 3.41. The van der Waals surface area contributed by atoms with E-state index in [0.29, 0.717) is 5.69 Å². The van der Waals surface area contributed by atoms with Gasteiger partial charge in [-0.3, -0.25) is 19.2 Å². The van der Waals surface area contributed by atoms with Gasteiger partial charge in [-0.2, -0.15) is 13.5 Å². The van der Waals surface area contributed by atoms with Crippen molar-refractivity contribution >= 4 is 28.0 Å². The van der Waals surface area contributed by atoms with Crippen LogP contribution < -0.4 is 10.3 Å². The molecular formula is C16H12N4O6S. The van der Waals surface area contributed by atoms with Gasteiger partial charge in [-0.1, -0.05) is 18.2 Å². The Labute approximate surface area is 152 Å². The first kappa shape index (κ1) is 18.2. The lowest BCUT2D eigenvalue weighted by Crippen LogP contribution is -2.13. The van der Waals surface area contributed by atoms with Gasteiger partial charge in [-0.25, -0.2) is 4.68 Å². The monoisotopic (exact) mass is 388 g/mol. The summed E-state index contributed by atoms with van der Waals surface area (Å²) in [7, 11) is -4.32. The van der Waals surface area contributed by atoms with E-state index in [9.17, 15) is 18.0 Å². The maximum Gasteiger partial charge on any atom is 0.303 e. The summed E-state index contributed by atoms with van der Waals surface area (Å²) in [5.41, 5.74) is -0.135. The number of H-pyrrole nitrogens is 1. The number of benzene rings is 2. The molecule has 3 rings (SSSR count). The summed E-state index contributed by atoms with van der Waals surface area (Å²) in [4.78, 5) is 22.9. The van der Waals surface area contributed by atoms with Crippen molar-refractivity contribution in [3.8, 4) is 11.6 Å². The fraction of sp³-hybridized carbons (Fsp3) is 0. The van der Waals surface area contributed by atoms with Crippen LogP contribution in [0.1, 0.15) is 0 Å². The van der Waals surface area contributed by atoms with Gasteiger partial charge in [0.15, 0.2) is 0 Å². The van der Waals surface area contributed by atoms with Crippen molar-refractivity contribution in [2.75, 3.05) is 0 Å². The van der Waals surface area contributed by atoms with Crippen molar-refractivity contribution in [3.05, 3.63) is 65.0 Å². The standard InChI is InChI=1S/C16H12N4O6S/c21-10-26-15-14(16(22)20(19-15)12-4-2-1-3-5-12)18-17-11-6-8-13(9-7-11)27(23,24)25/h1-10,19H,(H,23,24,25). The van der Waals surface area contributed by atoms with Crippen LogP contribution in [0.5, 0.6) is 5.88 Å². The number of ether oxygens (including phenoxy) is 1. The first-order valence-electron chi connectivity index (χ1n) is 7.40. The first-order chi connectivity index (χ1) is 12.9. The zero-order valence-electron chi connectivity index (χ0n) is 13.5. The number of hydrogen-bond donors (Lipinski definition) is 2. The van der Waals surface area contributed by atoms with Crippen LogP contribution in [0, 0.1) is 0 Å². The average Bonchev–Trinajstić information content (AvgIpc) is 2.96. The molecule has 0 saturated carbocycles. The second-order valence-electron chi connectivity index (χ2n) is 5.15. The van der Waals surface area contributed by atoms with Gasteiger partial charge in [-0.05, 0) is 36.4 Å². The number of carbonyl (C=O) groups is 1. The van der Waals surface area contributed by atoms with E-state index in [-0.39, 0.29) is 28.6 Å². The zero-order valence-corrected chi connectivity index (χ0v) is 14.3. The van der Waals surface area contributed by atoms with Crippen LogP contribution in [0.4, 0.5) is 11.4 Å². The molecule has 0 amide bonds. The molecule has 0 saturated heterocycles. The van der Waals surface area contributed by atoms with Crippen molar-refractivity contribution in [2.24, 2.45) is 10.2 Å². The molecule has 3 aromatic rings. The largest absolute Gasteiger partial charge is 0.408 e. The number of nitrogens with one attached hydrogen (secondary N) is 1. The van der Waals surface area contributed by atoms with Gasteiger partial charge in [0.1, 0.15) is 0 Å². The van der Waals surface area contributed by atoms with E-state index in [4.69, 9.17) is 9.29 Å². The predicted molar refractivity (Wildman–Crippen MR) is 93.5 cm³/mol. The lowest BCUT2D eigenvalue weighted by atomic mass is 10.3. The van der Waals surface area contributed by atoms with Gasteiger partial charge in [0, 0.05) is 0 Å². The van der Waals surface area contributed by atoms with Crippen molar-refractivity contribution in [2.45, 2.75) is 4.90 Å². The van der Waals surface area contributed by atoms with Gasteiger partial charge >= 0.3 is 5.56 Å². The quantitative estimate of drug-likeness (QED) is 0.377. The number of carbonyl (C=O) groups excluding carboxylic acids is 1. The Morgan fingerprint density at radius 2 is 1.70 bits per heavy atom. The van der Waals surface area contributed by atoms with E-state index in [1.165, 1.54) is 12.1 Å². The molecule has 11 heteroatoms. The third-order valence-corrected chi connectivity index (χ3v) is 4.28.